The molecule has 1 saturated carbocycles. The van der Waals surface area contributed by atoms with E-state index in [1.165, 1.54) is 0 Å². The number of nitrogens with one attached hydrogen (secondary N) is 3. The minimum absolute atomic E-state index is 0.0396. The molecule has 3 N–H and O–H groups in total. The molecule has 0 saturated heterocycles. The number of aromatic nitrogens is 2. The fraction of sp³-hybridized carbons (Fsp3) is 0.483. The summed E-state index contributed by atoms with van der Waals surface area (Å²) in [5.41, 5.74) is 4.06. The minimum atomic E-state index is -0.129. The van der Waals surface area contributed by atoms with Crippen LogP contribution in [0.2, 0.25) is 0 Å². The molecule has 1 heterocycles. The molecule has 192 valence electrons. The van der Waals surface area contributed by atoms with Gasteiger partial charge in [-0.2, -0.15) is 4.98 Å². The molecule has 0 atom stereocenters. The number of amides is 2. The Morgan fingerprint density at radius 1 is 1.00 bits per heavy atom. The number of fused-ring (bicyclic) bond motifs is 1. The van der Waals surface area contributed by atoms with Crippen LogP contribution in [0.4, 0.5) is 22.2 Å². The van der Waals surface area contributed by atoms with Crippen molar-refractivity contribution >= 4 is 34.4 Å². The van der Waals surface area contributed by atoms with Crippen molar-refractivity contribution < 1.29 is 4.79 Å². The lowest BCUT2D eigenvalue weighted by Crippen LogP contribution is -2.36. The fourth-order valence-corrected chi connectivity index (χ4v) is 5.01. The predicted molar refractivity (Wildman–Crippen MR) is 150 cm³/mol. The van der Waals surface area contributed by atoms with Crippen LogP contribution in [0.3, 0.4) is 0 Å². The first-order valence-electron chi connectivity index (χ1n) is 13.0. The molecule has 0 bridgehead atoms. The molecule has 0 radical (unpaired) electrons. The molecule has 2 amide bonds. The maximum absolute atomic E-state index is 12.7. The first-order valence-corrected chi connectivity index (χ1v) is 13.0. The second kappa shape index (κ2) is 10.7. The molecule has 1 aliphatic carbocycles. The van der Waals surface area contributed by atoms with Crippen molar-refractivity contribution in [3.8, 4) is 0 Å². The maximum atomic E-state index is 12.7. The highest BCUT2D eigenvalue weighted by Crippen LogP contribution is 2.32. The molecule has 7 heteroatoms. The van der Waals surface area contributed by atoms with Crippen LogP contribution in [-0.4, -0.2) is 42.7 Å². The predicted octanol–water partition coefficient (Wildman–Crippen LogP) is 6.09. The first-order chi connectivity index (χ1) is 17.1. The van der Waals surface area contributed by atoms with Gasteiger partial charge in [-0.25, -0.2) is 9.78 Å². The van der Waals surface area contributed by atoms with E-state index in [1.807, 2.05) is 50.2 Å². The highest BCUT2D eigenvalue weighted by molar-refractivity contribution is 5.91. The number of para-hydroxylation sites is 2. The third-order valence-electron chi connectivity index (χ3n) is 7.06. The van der Waals surface area contributed by atoms with Crippen LogP contribution >= 0.6 is 0 Å². The zero-order chi connectivity index (χ0) is 25.9. The molecular formula is C29H40N6O. The number of urea groups is 1. The smallest absolute Gasteiger partial charge is 0.319 e. The Morgan fingerprint density at radius 2 is 1.72 bits per heavy atom. The van der Waals surface area contributed by atoms with Gasteiger partial charge in [-0.1, -0.05) is 51.1 Å². The number of anilines is 3. The van der Waals surface area contributed by atoms with Crippen LogP contribution in [0.15, 0.2) is 42.5 Å². The highest BCUT2D eigenvalue weighted by atomic mass is 16.2. The van der Waals surface area contributed by atoms with E-state index >= 15 is 0 Å². The molecule has 2 aromatic carbocycles. The average molecular weight is 489 g/mol. The second-order valence-corrected chi connectivity index (χ2v) is 11.2. The van der Waals surface area contributed by atoms with Crippen LogP contribution in [0, 0.1) is 12.8 Å². The molecule has 1 aromatic heterocycles. The number of hydrogen-bond acceptors (Lipinski definition) is 5. The third-order valence-corrected chi connectivity index (χ3v) is 7.06. The largest absolute Gasteiger partial charge is 0.362 e. The number of rotatable bonds is 6. The van der Waals surface area contributed by atoms with Gasteiger partial charge in [0, 0.05) is 37.8 Å². The SMILES string of the molecule is Cc1cccc(C(C)(C)C)c1NC(=O)NC[C@H]1CC[C@@H](Nc2nc(N(C)C)c3ccccc3n2)CC1. The summed E-state index contributed by atoms with van der Waals surface area (Å²) in [4.78, 5) is 24.3. The van der Waals surface area contributed by atoms with Gasteiger partial charge in [-0.15, -0.1) is 0 Å². The van der Waals surface area contributed by atoms with Gasteiger partial charge in [0.2, 0.25) is 5.95 Å². The van der Waals surface area contributed by atoms with Crippen molar-refractivity contribution in [3.63, 3.8) is 0 Å². The number of aryl methyl sites for hydroxylation is 1. The first kappa shape index (κ1) is 25.7. The van der Waals surface area contributed by atoms with Gasteiger partial charge in [0.1, 0.15) is 5.82 Å². The van der Waals surface area contributed by atoms with Crippen LogP contribution in [0.1, 0.15) is 57.6 Å². The zero-order valence-electron chi connectivity index (χ0n) is 22.5. The molecule has 0 spiro atoms. The van der Waals surface area contributed by atoms with Crippen LogP contribution in [-0.2, 0) is 5.41 Å². The van der Waals surface area contributed by atoms with Gasteiger partial charge in [0.15, 0.2) is 0 Å². The molecule has 7 nitrogen and oxygen atoms in total. The van der Waals surface area contributed by atoms with Crippen LogP contribution < -0.4 is 20.9 Å². The quantitative estimate of drug-likeness (QED) is 0.391. The average Bonchev–Trinajstić information content (AvgIpc) is 2.83. The van der Waals surface area contributed by atoms with Crippen molar-refractivity contribution in [2.45, 2.75) is 64.8 Å². The summed E-state index contributed by atoms with van der Waals surface area (Å²) in [5, 5.41) is 10.8. The number of hydrogen-bond donors (Lipinski definition) is 3. The van der Waals surface area contributed by atoms with Crippen molar-refractivity contribution in [1.82, 2.24) is 15.3 Å². The van der Waals surface area contributed by atoms with Gasteiger partial charge < -0.3 is 20.9 Å². The van der Waals surface area contributed by atoms with E-state index in [9.17, 15) is 4.79 Å². The molecule has 36 heavy (non-hydrogen) atoms. The van der Waals surface area contributed by atoms with E-state index in [0.717, 1.165) is 59.2 Å². The summed E-state index contributed by atoms with van der Waals surface area (Å²) in [7, 11) is 4.02. The van der Waals surface area contributed by atoms with Crippen molar-refractivity contribution in [3.05, 3.63) is 53.6 Å². The van der Waals surface area contributed by atoms with Crippen LogP contribution in [0.5, 0.6) is 0 Å². The Bertz CT molecular complexity index is 1210. The lowest BCUT2D eigenvalue weighted by atomic mass is 9.84. The Balaban J connectivity index is 1.30. The Morgan fingerprint density at radius 3 is 2.42 bits per heavy atom. The lowest BCUT2D eigenvalue weighted by Gasteiger charge is -2.30. The number of carbonyl (C=O) groups is 1. The van der Waals surface area contributed by atoms with Crippen LogP contribution in [0.25, 0.3) is 10.9 Å². The van der Waals surface area contributed by atoms with Gasteiger partial charge in [0.25, 0.3) is 0 Å². The molecule has 0 aliphatic heterocycles. The van der Waals surface area contributed by atoms with E-state index in [1.54, 1.807) is 0 Å². The highest BCUT2D eigenvalue weighted by Gasteiger charge is 2.24. The second-order valence-electron chi connectivity index (χ2n) is 11.2. The monoisotopic (exact) mass is 488 g/mol. The summed E-state index contributed by atoms with van der Waals surface area (Å²) < 4.78 is 0. The normalized spacial score (nSPS) is 18.1. The molecule has 4 rings (SSSR count). The van der Waals surface area contributed by atoms with E-state index in [2.05, 4.69) is 54.9 Å². The summed E-state index contributed by atoms with van der Waals surface area (Å²) in [6.07, 6.45) is 4.19. The van der Waals surface area contributed by atoms with Gasteiger partial charge in [-0.3, -0.25) is 0 Å². The molecule has 1 fully saturated rings. The maximum Gasteiger partial charge on any atom is 0.319 e. The van der Waals surface area contributed by atoms with Gasteiger partial charge in [-0.05, 0) is 67.2 Å². The molecular weight excluding hydrogens is 448 g/mol. The topological polar surface area (TPSA) is 82.2 Å². The number of carbonyl (C=O) groups excluding carboxylic acids is 1. The Hall–Kier alpha value is -3.35. The summed E-state index contributed by atoms with van der Waals surface area (Å²) >= 11 is 0. The summed E-state index contributed by atoms with van der Waals surface area (Å²) in [6.45, 7) is 9.23. The van der Waals surface area contributed by atoms with E-state index in [0.29, 0.717) is 24.5 Å². The fourth-order valence-electron chi connectivity index (χ4n) is 5.01. The standard InChI is InChI=1S/C29H40N6O/c1-19-10-9-12-23(29(2,3)4)25(19)33-28(36)30-18-20-14-16-21(17-15-20)31-27-32-24-13-8-7-11-22(24)26(34-27)35(5)6/h7-13,20-21H,14-18H2,1-6H3,(H2,30,33,36)(H,31,32,34)/t20-,21+. The zero-order valence-corrected chi connectivity index (χ0v) is 22.5. The Kier molecular flexibility index (Phi) is 7.67. The summed E-state index contributed by atoms with van der Waals surface area (Å²) in [6, 6.07) is 14.5. The van der Waals surface area contributed by atoms with Crippen molar-refractivity contribution in [2.24, 2.45) is 5.92 Å². The summed E-state index contributed by atoms with van der Waals surface area (Å²) in [5.74, 6) is 2.09. The van der Waals surface area contributed by atoms with Gasteiger partial charge >= 0.3 is 6.03 Å². The molecule has 1 aliphatic rings. The molecule has 3 aromatic rings. The van der Waals surface area contributed by atoms with Crippen molar-refractivity contribution in [1.29, 1.82) is 0 Å². The van der Waals surface area contributed by atoms with E-state index in [-0.39, 0.29) is 11.4 Å². The van der Waals surface area contributed by atoms with E-state index < -0.39 is 0 Å². The van der Waals surface area contributed by atoms with Crippen molar-refractivity contribution in [2.75, 3.05) is 36.2 Å². The minimum Gasteiger partial charge on any atom is -0.362 e. The lowest BCUT2D eigenvalue weighted by molar-refractivity contribution is 0.246. The third kappa shape index (κ3) is 6.07. The van der Waals surface area contributed by atoms with Gasteiger partial charge in [0.05, 0.1) is 5.52 Å². The number of nitrogens with zero attached hydrogens (tertiary/aromatic N) is 3. The van der Waals surface area contributed by atoms with E-state index in [4.69, 9.17) is 9.97 Å². The number of benzene rings is 2. The Labute approximate surface area is 215 Å². The molecule has 0 unspecified atom stereocenters.